The third kappa shape index (κ3) is 5.91. The Hall–Kier alpha value is -1.17. The summed E-state index contributed by atoms with van der Waals surface area (Å²) in [4.78, 5) is 11.9. The summed E-state index contributed by atoms with van der Waals surface area (Å²) in [6, 6.07) is 9.17. The number of carbonyl (C=O) groups excluding carboxylic acids is 1. The fourth-order valence-corrected chi connectivity index (χ4v) is 3.51. The van der Waals surface area contributed by atoms with Gasteiger partial charge in [0.1, 0.15) is 5.75 Å². The van der Waals surface area contributed by atoms with E-state index in [2.05, 4.69) is 22.1 Å². The maximum atomic E-state index is 11.9. The summed E-state index contributed by atoms with van der Waals surface area (Å²) in [5.74, 6) is 2.34. The van der Waals surface area contributed by atoms with Crippen LogP contribution in [-0.4, -0.2) is 24.3 Å². The zero-order valence-electron chi connectivity index (χ0n) is 12.3. The van der Waals surface area contributed by atoms with Crippen LogP contribution in [0, 0.1) is 0 Å². The molecule has 0 saturated heterocycles. The molecule has 0 unspecified atom stereocenters. The molecule has 3 nitrogen and oxygen atoms in total. The lowest BCUT2D eigenvalue weighted by Gasteiger charge is -2.14. The second kappa shape index (κ2) is 9.08. The lowest BCUT2D eigenvalue weighted by molar-refractivity contribution is -0.127. The highest BCUT2D eigenvalue weighted by atomic mass is 35.5. The quantitative estimate of drug-likeness (QED) is 0.720. The fraction of sp³-hybridized carbons (Fsp3) is 0.312. The van der Waals surface area contributed by atoms with Crippen LogP contribution in [0.5, 0.6) is 5.75 Å². The number of hydrogen-bond donors (Lipinski definition) is 1. The SMILES string of the molecule is C[C@H](Oc1cccc(Cl)c1)C(=O)NCCSCc1ccsc1. The van der Waals surface area contributed by atoms with Gasteiger partial charge in [0.2, 0.25) is 0 Å². The van der Waals surface area contributed by atoms with Crippen molar-refractivity contribution in [3.05, 3.63) is 51.7 Å². The third-order valence-electron chi connectivity index (χ3n) is 2.87. The summed E-state index contributed by atoms with van der Waals surface area (Å²) in [6.07, 6.45) is -0.541. The van der Waals surface area contributed by atoms with E-state index in [0.29, 0.717) is 17.3 Å². The molecule has 0 aliphatic heterocycles. The Morgan fingerprint density at radius 2 is 2.32 bits per heavy atom. The first kappa shape index (κ1) is 17.2. The third-order valence-corrected chi connectivity index (χ3v) is 4.87. The van der Waals surface area contributed by atoms with Gasteiger partial charge in [-0.3, -0.25) is 4.79 Å². The number of nitrogens with one attached hydrogen (secondary N) is 1. The number of halogens is 1. The molecule has 0 fully saturated rings. The zero-order valence-corrected chi connectivity index (χ0v) is 14.6. The van der Waals surface area contributed by atoms with E-state index in [1.54, 1.807) is 54.3 Å². The first-order chi connectivity index (χ1) is 10.6. The first-order valence-electron chi connectivity index (χ1n) is 6.94. The number of hydrogen-bond acceptors (Lipinski definition) is 4. The molecule has 1 heterocycles. The van der Waals surface area contributed by atoms with Gasteiger partial charge in [-0.25, -0.2) is 0 Å². The molecule has 0 radical (unpaired) electrons. The van der Waals surface area contributed by atoms with Crippen LogP contribution in [0.25, 0.3) is 0 Å². The topological polar surface area (TPSA) is 38.3 Å². The Morgan fingerprint density at radius 3 is 3.05 bits per heavy atom. The lowest BCUT2D eigenvalue weighted by atomic mass is 10.3. The lowest BCUT2D eigenvalue weighted by Crippen LogP contribution is -2.37. The molecule has 0 aliphatic rings. The summed E-state index contributed by atoms with van der Waals surface area (Å²) in [5.41, 5.74) is 1.33. The average molecular weight is 356 g/mol. The molecule has 1 aromatic heterocycles. The molecule has 118 valence electrons. The van der Waals surface area contributed by atoms with Crippen molar-refractivity contribution < 1.29 is 9.53 Å². The van der Waals surface area contributed by atoms with Crippen LogP contribution in [0.2, 0.25) is 5.02 Å². The van der Waals surface area contributed by atoms with E-state index >= 15 is 0 Å². The van der Waals surface area contributed by atoms with Gasteiger partial charge >= 0.3 is 0 Å². The Labute approximate surface area is 144 Å². The van der Waals surface area contributed by atoms with Crippen molar-refractivity contribution in [1.29, 1.82) is 0 Å². The van der Waals surface area contributed by atoms with Gasteiger partial charge in [-0.1, -0.05) is 17.7 Å². The second-order valence-corrected chi connectivity index (χ2v) is 7.01. The first-order valence-corrected chi connectivity index (χ1v) is 9.41. The molecule has 1 amide bonds. The van der Waals surface area contributed by atoms with Crippen LogP contribution in [0.3, 0.4) is 0 Å². The van der Waals surface area contributed by atoms with E-state index < -0.39 is 6.10 Å². The molecule has 0 saturated carbocycles. The number of thiophene rings is 1. The molecule has 1 N–H and O–H groups in total. The number of amides is 1. The summed E-state index contributed by atoms with van der Waals surface area (Å²) in [5, 5.41) is 7.70. The number of rotatable bonds is 8. The number of benzene rings is 1. The van der Waals surface area contributed by atoms with Crippen molar-refractivity contribution >= 4 is 40.6 Å². The summed E-state index contributed by atoms with van der Waals surface area (Å²) >= 11 is 9.40. The molecule has 0 bridgehead atoms. The predicted molar refractivity (Wildman–Crippen MR) is 95.0 cm³/mol. The van der Waals surface area contributed by atoms with Crippen molar-refractivity contribution in [2.24, 2.45) is 0 Å². The van der Waals surface area contributed by atoms with E-state index in [9.17, 15) is 4.79 Å². The van der Waals surface area contributed by atoms with Gasteiger partial charge < -0.3 is 10.1 Å². The van der Waals surface area contributed by atoms with Crippen LogP contribution >= 0.6 is 34.7 Å². The molecular formula is C16H18ClNO2S2. The van der Waals surface area contributed by atoms with E-state index in [1.807, 2.05) is 0 Å². The molecule has 1 atom stereocenters. The molecule has 2 aromatic rings. The zero-order chi connectivity index (χ0) is 15.8. The maximum Gasteiger partial charge on any atom is 0.260 e. The molecule has 22 heavy (non-hydrogen) atoms. The predicted octanol–water partition coefficient (Wildman–Crippen LogP) is 4.22. The van der Waals surface area contributed by atoms with Crippen molar-refractivity contribution in [2.75, 3.05) is 12.3 Å². The summed E-state index contributed by atoms with van der Waals surface area (Å²) < 4.78 is 5.57. The molecule has 6 heteroatoms. The Kier molecular flexibility index (Phi) is 7.09. The van der Waals surface area contributed by atoms with E-state index in [-0.39, 0.29) is 5.91 Å². The smallest absolute Gasteiger partial charge is 0.260 e. The van der Waals surface area contributed by atoms with E-state index in [4.69, 9.17) is 16.3 Å². The van der Waals surface area contributed by atoms with Crippen LogP contribution in [0.15, 0.2) is 41.1 Å². The number of carbonyl (C=O) groups is 1. The van der Waals surface area contributed by atoms with Gasteiger partial charge in [0.25, 0.3) is 5.91 Å². The highest BCUT2D eigenvalue weighted by molar-refractivity contribution is 7.98. The highest BCUT2D eigenvalue weighted by Gasteiger charge is 2.13. The van der Waals surface area contributed by atoms with Gasteiger partial charge in [0, 0.05) is 23.1 Å². The van der Waals surface area contributed by atoms with Gasteiger partial charge in [-0.15, -0.1) is 0 Å². The van der Waals surface area contributed by atoms with Crippen molar-refractivity contribution in [3.8, 4) is 5.75 Å². The Balaban J connectivity index is 1.64. The van der Waals surface area contributed by atoms with Crippen LogP contribution in [-0.2, 0) is 10.5 Å². The highest BCUT2D eigenvalue weighted by Crippen LogP contribution is 2.18. The molecule has 0 aliphatic carbocycles. The molecule has 0 spiro atoms. The summed E-state index contributed by atoms with van der Waals surface area (Å²) in [7, 11) is 0. The normalized spacial score (nSPS) is 11.9. The average Bonchev–Trinajstić information content (AvgIpc) is 3.00. The fourth-order valence-electron chi connectivity index (χ4n) is 1.75. The Morgan fingerprint density at radius 1 is 1.45 bits per heavy atom. The molecular weight excluding hydrogens is 338 g/mol. The van der Waals surface area contributed by atoms with Crippen molar-refractivity contribution in [3.63, 3.8) is 0 Å². The van der Waals surface area contributed by atoms with Gasteiger partial charge in [-0.2, -0.15) is 23.1 Å². The van der Waals surface area contributed by atoms with Gasteiger partial charge in [-0.05, 0) is 47.5 Å². The van der Waals surface area contributed by atoms with Gasteiger partial charge in [0.05, 0.1) is 0 Å². The van der Waals surface area contributed by atoms with E-state index in [1.165, 1.54) is 5.56 Å². The standard InChI is InChI=1S/C16H18ClNO2S2/c1-12(20-15-4-2-3-14(17)9-15)16(19)18-6-8-22-11-13-5-7-21-10-13/h2-5,7,9-10,12H,6,8,11H2,1H3,(H,18,19)/t12-/m0/s1. The number of thioether (sulfide) groups is 1. The van der Waals surface area contributed by atoms with Gasteiger partial charge in [0.15, 0.2) is 6.10 Å². The molecule has 1 aromatic carbocycles. The monoisotopic (exact) mass is 355 g/mol. The number of ether oxygens (including phenoxy) is 1. The largest absolute Gasteiger partial charge is 0.481 e. The minimum absolute atomic E-state index is 0.115. The maximum absolute atomic E-state index is 11.9. The minimum Gasteiger partial charge on any atom is -0.481 e. The van der Waals surface area contributed by atoms with Crippen molar-refractivity contribution in [2.45, 2.75) is 18.8 Å². The van der Waals surface area contributed by atoms with Crippen LogP contribution < -0.4 is 10.1 Å². The van der Waals surface area contributed by atoms with Crippen LogP contribution in [0.1, 0.15) is 12.5 Å². The second-order valence-electron chi connectivity index (χ2n) is 4.69. The minimum atomic E-state index is -0.541. The Bertz CT molecular complexity index is 590. The summed E-state index contributed by atoms with van der Waals surface area (Å²) in [6.45, 7) is 2.37. The molecule has 2 rings (SSSR count). The van der Waals surface area contributed by atoms with Crippen LogP contribution in [0.4, 0.5) is 0 Å². The van der Waals surface area contributed by atoms with E-state index in [0.717, 1.165) is 11.5 Å². The van der Waals surface area contributed by atoms with Crippen molar-refractivity contribution in [1.82, 2.24) is 5.32 Å².